The standard InChI is InChI=1S/C15H14N2O5/c18-13-6-3-7-17(13)14(19)9-21-15(20)8-11-10-4-1-2-5-12(10)22-16-11/h1-2,4-5H,3,6-9H2. The summed E-state index contributed by atoms with van der Waals surface area (Å²) in [6.07, 6.45) is 0.937. The Kier molecular flexibility index (Phi) is 3.86. The number of likely N-dealkylation sites (tertiary alicyclic amines) is 1. The van der Waals surface area contributed by atoms with Crippen molar-refractivity contribution in [1.82, 2.24) is 10.1 Å². The Labute approximate surface area is 125 Å². The third-order valence-electron chi connectivity index (χ3n) is 3.50. The minimum absolute atomic E-state index is 0.0851. The van der Waals surface area contributed by atoms with E-state index in [4.69, 9.17) is 9.26 Å². The van der Waals surface area contributed by atoms with Crippen LogP contribution in [0.15, 0.2) is 28.8 Å². The van der Waals surface area contributed by atoms with E-state index < -0.39 is 18.5 Å². The highest BCUT2D eigenvalue weighted by Gasteiger charge is 2.27. The molecule has 0 unspecified atom stereocenters. The summed E-state index contributed by atoms with van der Waals surface area (Å²) in [6, 6.07) is 7.17. The number of amides is 2. The molecule has 0 radical (unpaired) electrons. The first-order valence-corrected chi connectivity index (χ1v) is 6.97. The number of carbonyl (C=O) groups is 3. The van der Waals surface area contributed by atoms with Gasteiger partial charge in [-0.25, -0.2) is 0 Å². The van der Waals surface area contributed by atoms with Gasteiger partial charge in [-0.1, -0.05) is 17.3 Å². The highest BCUT2D eigenvalue weighted by Crippen LogP contribution is 2.18. The lowest BCUT2D eigenvalue weighted by Gasteiger charge is -2.13. The van der Waals surface area contributed by atoms with Crippen molar-refractivity contribution in [2.45, 2.75) is 19.3 Å². The van der Waals surface area contributed by atoms with Crippen molar-refractivity contribution in [2.75, 3.05) is 13.2 Å². The van der Waals surface area contributed by atoms with Gasteiger partial charge in [-0.3, -0.25) is 19.3 Å². The minimum Gasteiger partial charge on any atom is -0.455 e. The van der Waals surface area contributed by atoms with E-state index in [0.717, 1.165) is 10.3 Å². The molecule has 0 N–H and O–H groups in total. The molecule has 7 nitrogen and oxygen atoms in total. The largest absolute Gasteiger partial charge is 0.455 e. The number of rotatable bonds is 4. The van der Waals surface area contributed by atoms with Crippen LogP contribution in [-0.2, 0) is 25.5 Å². The average Bonchev–Trinajstić information content (AvgIpc) is 3.12. The summed E-state index contributed by atoms with van der Waals surface area (Å²) < 4.78 is 10.0. The zero-order chi connectivity index (χ0) is 15.5. The number of para-hydroxylation sites is 1. The molecule has 0 aliphatic carbocycles. The fourth-order valence-corrected chi connectivity index (χ4v) is 2.39. The van der Waals surface area contributed by atoms with Crippen LogP contribution in [0.3, 0.4) is 0 Å². The molecule has 1 saturated heterocycles. The van der Waals surface area contributed by atoms with E-state index in [1.165, 1.54) is 0 Å². The van der Waals surface area contributed by atoms with Crippen molar-refractivity contribution < 1.29 is 23.6 Å². The zero-order valence-electron chi connectivity index (χ0n) is 11.8. The topological polar surface area (TPSA) is 89.7 Å². The highest BCUT2D eigenvalue weighted by atomic mass is 16.5. The maximum atomic E-state index is 11.8. The normalized spacial score (nSPS) is 14.5. The summed E-state index contributed by atoms with van der Waals surface area (Å²) in [4.78, 5) is 36.1. The Morgan fingerprint density at radius 2 is 2.14 bits per heavy atom. The average molecular weight is 302 g/mol. The molecular weight excluding hydrogens is 288 g/mol. The van der Waals surface area contributed by atoms with Gasteiger partial charge in [0.25, 0.3) is 5.91 Å². The smallest absolute Gasteiger partial charge is 0.312 e. The van der Waals surface area contributed by atoms with Crippen LogP contribution in [0.2, 0.25) is 0 Å². The summed E-state index contributed by atoms with van der Waals surface area (Å²) in [5.74, 6) is -1.29. The number of benzene rings is 1. The second-order valence-corrected chi connectivity index (χ2v) is 5.01. The SMILES string of the molecule is O=C(Cc1noc2ccccc12)OCC(=O)N1CCCC1=O. The van der Waals surface area contributed by atoms with Gasteiger partial charge in [-0.2, -0.15) is 0 Å². The third-order valence-corrected chi connectivity index (χ3v) is 3.50. The molecule has 1 aromatic carbocycles. The Morgan fingerprint density at radius 1 is 1.32 bits per heavy atom. The highest BCUT2D eigenvalue weighted by molar-refractivity contribution is 5.97. The lowest BCUT2D eigenvalue weighted by molar-refractivity contribution is -0.154. The Hall–Kier alpha value is -2.70. The molecule has 1 aliphatic rings. The number of ether oxygens (including phenoxy) is 1. The van der Waals surface area contributed by atoms with Gasteiger partial charge in [0.15, 0.2) is 12.2 Å². The summed E-state index contributed by atoms with van der Waals surface area (Å²) in [5, 5.41) is 4.56. The zero-order valence-corrected chi connectivity index (χ0v) is 11.8. The van der Waals surface area contributed by atoms with Crippen LogP contribution in [0.25, 0.3) is 11.0 Å². The third kappa shape index (κ3) is 2.83. The molecule has 114 valence electrons. The van der Waals surface area contributed by atoms with Gasteiger partial charge in [0.2, 0.25) is 5.91 Å². The molecule has 7 heteroatoms. The molecule has 1 aromatic heterocycles. The van der Waals surface area contributed by atoms with Crippen LogP contribution in [0, 0.1) is 0 Å². The molecule has 0 spiro atoms. The van der Waals surface area contributed by atoms with Crippen molar-refractivity contribution in [3.63, 3.8) is 0 Å². The summed E-state index contributed by atoms with van der Waals surface area (Å²) >= 11 is 0. The predicted octanol–water partition coefficient (Wildman–Crippen LogP) is 1.06. The molecule has 3 rings (SSSR count). The number of esters is 1. The van der Waals surface area contributed by atoms with Crippen LogP contribution >= 0.6 is 0 Å². The van der Waals surface area contributed by atoms with E-state index in [1.807, 2.05) is 6.07 Å². The van der Waals surface area contributed by atoms with Gasteiger partial charge in [-0.05, 0) is 18.6 Å². The van der Waals surface area contributed by atoms with Crippen molar-refractivity contribution in [3.05, 3.63) is 30.0 Å². The number of hydrogen-bond acceptors (Lipinski definition) is 6. The van der Waals surface area contributed by atoms with E-state index >= 15 is 0 Å². The van der Waals surface area contributed by atoms with Gasteiger partial charge in [0, 0.05) is 18.4 Å². The van der Waals surface area contributed by atoms with Crippen molar-refractivity contribution in [3.8, 4) is 0 Å². The van der Waals surface area contributed by atoms with Gasteiger partial charge >= 0.3 is 5.97 Å². The molecule has 22 heavy (non-hydrogen) atoms. The predicted molar refractivity (Wildman–Crippen MR) is 74.6 cm³/mol. The van der Waals surface area contributed by atoms with Crippen molar-refractivity contribution in [2.24, 2.45) is 0 Å². The van der Waals surface area contributed by atoms with Crippen LogP contribution in [-0.4, -0.2) is 41.0 Å². The lowest BCUT2D eigenvalue weighted by atomic mass is 10.2. The molecule has 2 aromatic rings. The molecule has 0 saturated carbocycles. The monoisotopic (exact) mass is 302 g/mol. The molecule has 2 amide bonds. The molecule has 0 bridgehead atoms. The first-order chi connectivity index (χ1) is 10.6. The lowest BCUT2D eigenvalue weighted by Crippen LogP contribution is -2.35. The fraction of sp³-hybridized carbons (Fsp3) is 0.333. The van der Waals surface area contributed by atoms with Crippen molar-refractivity contribution in [1.29, 1.82) is 0 Å². The number of hydrogen-bond donors (Lipinski definition) is 0. The summed E-state index contributed by atoms with van der Waals surface area (Å²) in [5.41, 5.74) is 1.05. The van der Waals surface area contributed by atoms with Gasteiger partial charge in [0.1, 0.15) is 5.69 Å². The van der Waals surface area contributed by atoms with Crippen molar-refractivity contribution >= 4 is 28.8 Å². The number of aromatic nitrogens is 1. The number of carbonyl (C=O) groups excluding carboxylic acids is 3. The van der Waals surface area contributed by atoms with Crippen LogP contribution in [0.1, 0.15) is 18.5 Å². The number of imide groups is 1. The molecule has 0 atom stereocenters. The second kappa shape index (κ2) is 5.97. The Balaban J connectivity index is 1.56. The van der Waals surface area contributed by atoms with Gasteiger partial charge in [-0.15, -0.1) is 0 Å². The summed E-state index contributed by atoms with van der Waals surface area (Å²) in [6.45, 7) is -0.0382. The van der Waals surface area contributed by atoms with E-state index in [2.05, 4.69) is 5.16 Å². The Bertz CT molecular complexity index is 736. The van der Waals surface area contributed by atoms with E-state index in [-0.39, 0.29) is 12.3 Å². The fourth-order valence-electron chi connectivity index (χ4n) is 2.39. The molecule has 1 aliphatic heterocycles. The summed E-state index contributed by atoms with van der Waals surface area (Å²) in [7, 11) is 0. The van der Waals surface area contributed by atoms with E-state index in [0.29, 0.717) is 30.7 Å². The molecular formula is C15H14N2O5. The molecule has 2 heterocycles. The van der Waals surface area contributed by atoms with Gasteiger partial charge < -0.3 is 9.26 Å². The minimum atomic E-state index is -0.584. The maximum absolute atomic E-state index is 11.8. The maximum Gasteiger partial charge on any atom is 0.312 e. The Morgan fingerprint density at radius 3 is 2.91 bits per heavy atom. The van der Waals surface area contributed by atoms with Crippen LogP contribution in [0.4, 0.5) is 0 Å². The van der Waals surface area contributed by atoms with Gasteiger partial charge in [0.05, 0.1) is 6.42 Å². The molecule has 1 fully saturated rings. The van der Waals surface area contributed by atoms with Crippen LogP contribution in [0.5, 0.6) is 0 Å². The quantitative estimate of drug-likeness (QED) is 0.785. The van der Waals surface area contributed by atoms with E-state index in [9.17, 15) is 14.4 Å². The van der Waals surface area contributed by atoms with E-state index in [1.54, 1.807) is 18.2 Å². The van der Waals surface area contributed by atoms with Crippen LogP contribution < -0.4 is 0 Å². The first-order valence-electron chi connectivity index (χ1n) is 6.97. The second-order valence-electron chi connectivity index (χ2n) is 5.01. The number of nitrogens with zero attached hydrogens (tertiary/aromatic N) is 2. The number of fused-ring (bicyclic) bond motifs is 1. The first kappa shape index (κ1) is 14.2.